The minimum Gasteiger partial charge on any atom is -0.481 e. The van der Waals surface area contributed by atoms with Crippen LogP contribution in [0.2, 0.25) is 0 Å². The van der Waals surface area contributed by atoms with Gasteiger partial charge in [0.05, 0.1) is 13.7 Å². The van der Waals surface area contributed by atoms with Crippen LogP contribution in [0.25, 0.3) is 0 Å². The normalized spacial score (nSPS) is 9.88. The molecule has 0 N–H and O–H groups in total. The third-order valence-electron chi connectivity index (χ3n) is 2.07. The van der Waals surface area contributed by atoms with Crippen LogP contribution in [-0.2, 0) is 9.53 Å². The van der Waals surface area contributed by atoms with Gasteiger partial charge in [-0.05, 0) is 13.8 Å². The lowest BCUT2D eigenvalue weighted by atomic mass is 10.4. The van der Waals surface area contributed by atoms with Gasteiger partial charge in [0.25, 0.3) is 0 Å². The second-order valence-corrected chi connectivity index (χ2v) is 3.48. The number of esters is 1. The first-order valence-corrected chi connectivity index (χ1v) is 5.33. The van der Waals surface area contributed by atoms with Gasteiger partial charge in [-0.1, -0.05) is 0 Å². The van der Waals surface area contributed by atoms with Crippen LogP contribution in [0.5, 0.6) is 5.88 Å². The summed E-state index contributed by atoms with van der Waals surface area (Å²) in [6.45, 7) is 4.06. The van der Waals surface area contributed by atoms with E-state index < -0.39 is 0 Å². The molecule has 0 fully saturated rings. The van der Waals surface area contributed by atoms with Crippen LogP contribution in [0.1, 0.15) is 12.7 Å². The number of hydrogen-bond donors (Lipinski definition) is 0. The van der Waals surface area contributed by atoms with E-state index in [1.807, 2.05) is 0 Å². The van der Waals surface area contributed by atoms with Crippen LogP contribution in [-0.4, -0.2) is 43.2 Å². The van der Waals surface area contributed by atoms with Crippen LogP contribution in [0.15, 0.2) is 6.07 Å². The quantitative estimate of drug-likeness (QED) is 0.708. The summed E-state index contributed by atoms with van der Waals surface area (Å²) in [5.41, 5.74) is 0. The molecule has 0 unspecified atom stereocenters. The molecule has 6 heteroatoms. The zero-order valence-corrected chi connectivity index (χ0v) is 10.6. The number of carbonyl (C=O) groups excluding carboxylic acids is 1. The van der Waals surface area contributed by atoms with Crippen LogP contribution in [0.4, 0.5) is 5.82 Å². The first-order chi connectivity index (χ1) is 8.06. The van der Waals surface area contributed by atoms with Crippen molar-refractivity contribution in [3.8, 4) is 5.88 Å². The molecule has 0 aliphatic carbocycles. The Morgan fingerprint density at radius 1 is 1.47 bits per heavy atom. The molecule has 0 radical (unpaired) electrons. The molecule has 17 heavy (non-hydrogen) atoms. The topological polar surface area (TPSA) is 64.5 Å². The number of aromatic nitrogens is 2. The minimum atomic E-state index is -0.287. The lowest BCUT2D eigenvalue weighted by molar-refractivity contribution is -0.141. The Morgan fingerprint density at radius 2 is 2.18 bits per heavy atom. The summed E-state index contributed by atoms with van der Waals surface area (Å²) in [4.78, 5) is 21.3. The summed E-state index contributed by atoms with van der Waals surface area (Å²) in [6, 6.07) is 1.67. The van der Waals surface area contributed by atoms with Gasteiger partial charge in [-0.15, -0.1) is 0 Å². The predicted molar refractivity (Wildman–Crippen MR) is 63.2 cm³/mol. The largest absolute Gasteiger partial charge is 0.481 e. The molecule has 0 atom stereocenters. The van der Waals surface area contributed by atoms with E-state index in [0.717, 1.165) is 0 Å². The van der Waals surface area contributed by atoms with Crippen molar-refractivity contribution in [1.29, 1.82) is 0 Å². The van der Waals surface area contributed by atoms with Crippen molar-refractivity contribution in [3.63, 3.8) is 0 Å². The Balaban J connectivity index is 2.77. The molecule has 0 saturated carbocycles. The van der Waals surface area contributed by atoms with Gasteiger partial charge in [-0.2, -0.15) is 4.98 Å². The van der Waals surface area contributed by atoms with E-state index >= 15 is 0 Å². The molecule has 1 aromatic heterocycles. The van der Waals surface area contributed by atoms with E-state index in [4.69, 9.17) is 9.47 Å². The maximum absolute atomic E-state index is 11.3. The third kappa shape index (κ3) is 3.90. The molecule has 0 aliphatic heterocycles. The maximum atomic E-state index is 11.3. The van der Waals surface area contributed by atoms with Crippen molar-refractivity contribution in [2.24, 2.45) is 0 Å². The molecule has 1 rings (SSSR count). The minimum absolute atomic E-state index is 0.146. The second kappa shape index (κ2) is 6.03. The number of ether oxygens (including phenoxy) is 2. The van der Waals surface area contributed by atoms with Crippen molar-refractivity contribution in [3.05, 3.63) is 11.9 Å². The standard InChI is InChI=1S/C11H17N3O3/c1-5-17-11(15)7-14(3)9-6-10(16-4)13-8(2)12-9/h6H,5,7H2,1-4H3. The Morgan fingerprint density at radius 3 is 2.76 bits per heavy atom. The first kappa shape index (κ1) is 13.2. The smallest absolute Gasteiger partial charge is 0.325 e. The Hall–Kier alpha value is -1.85. The summed E-state index contributed by atoms with van der Waals surface area (Å²) >= 11 is 0. The van der Waals surface area contributed by atoms with Crippen molar-refractivity contribution >= 4 is 11.8 Å². The van der Waals surface area contributed by atoms with E-state index in [1.165, 1.54) is 7.11 Å². The maximum Gasteiger partial charge on any atom is 0.325 e. The van der Waals surface area contributed by atoms with Gasteiger partial charge in [-0.3, -0.25) is 4.79 Å². The van der Waals surface area contributed by atoms with Crippen molar-refractivity contribution in [2.45, 2.75) is 13.8 Å². The Labute approximate surface area is 101 Å². The summed E-state index contributed by atoms with van der Waals surface area (Å²) in [5, 5.41) is 0. The molecule has 0 amide bonds. The molecule has 1 heterocycles. The monoisotopic (exact) mass is 239 g/mol. The predicted octanol–water partition coefficient (Wildman–Crippen LogP) is 0.793. The number of likely N-dealkylation sites (N-methyl/N-ethyl adjacent to an activating group) is 1. The number of hydrogen-bond acceptors (Lipinski definition) is 6. The van der Waals surface area contributed by atoms with Crippen LogP contribution < -0.4 is 9.64 Å². The third-order valence-corrected chi connectivity index (χ3v) is 2.07. The fourth-order valence-electron chi connectivity index (χ4n) is 1.31. The van der Waals surface area contributed by atoms with Crippen LogP contribution in [0.3, 0.4) is 0 Å². The number of nitrogens with zero attached hydrogens (tertiary/aromatic N) is 3. The number of methoxy groups -OCH3 is 1. The number of rotatable bonds is 5. The van der Waals surface area contributed by atoms with Gasteiger partial charge >= 0.3 is 5.97 Å². The van der Waals surface area contributed by atoms with Crippen LogP contribution in [0, 0.1) is 6.92 Å². The molecule has 94 valence electrons. The zero-order valence-electron chi connectivity index (χ0n) is 10.6. The molecule has 6 nitrogen and oxygen atoms in total. The number of carbonyl (C=O) groups is 1. The van der Waals surface area contributed by atoms with Gasteiger partial charge in [0.1, 0.15) is 18.2 Å². The molecular formula is C11H17N3O3. The van der Waals surface area contributed by atoms with Crippen molar-refractivity contribution in [1.82, 2.24) is 9.97 Å². The Kier molecular flexibility index (Phi) is 4.68. The molecule has 1 aromatic rings. The summed E-state index contributed by atoms with van der Waals surface area (Å²) in [6.07, 6.45) is 0. The van der Waals surface area contributed by atoms with Crippen molar-refractivity contribution in [2.75, 3.05) is 32.2 Å². The van der Waals surface area contributed by atoms with Gasteiger partial charge in [-0.25, -0.2) is 4.98 Å². The SMILES string of the molecule is CCOC(=O)CN(C)c1cc(OC)nc(C)n1. The lowest BCUT2D eigenvalue weighted by Gasteiger charge is -2.17. The molecule has 0 spiro atoms. The molecule has 0 aromatic carbocycles. The van der Waals surface area contributed by atoms with E-state index in [9.17, 15) is 4.79 Å². The highest BCUT2D eigenvalue weighted by Crippen LogP contribution is 2.15. The highest BCUT2D eigenvalue weighted by molar-refractivity contribution is 5.75. The highest BCUT2D eigenvalue weighted by atomic mass is 16.5. The fraction of sp³-hybridized carbons (Fsp3) is 0.545. The van der Waals surface area contributed by atoms with E-state index in [0.29, 0.717) is 24.1 Å². The average molecular weight is 239 g/mol. The molecule has 0 saturated heterocycles. The highest BCUT2D eigenvalue weighted by Gasteiger charge is 2.11. The first-order valence-electron chi connectivity index (χ1n) is 5.33. The molecule has 0 aliphatic rings. The number of anilines is 1. The van der Waals surface area contributed by atoms with E-state index in [-0.39, 0.29) is 12.5 Å². The summed E-state index contributed by atoms with van der Waals surface area (Å²) < 4.78 is 9.91. The average Bonchev–Trinajstić information content (AvgIpc) is 2.28. The summed E-state index contributed by atoms with van der Waals surface area (Å²) in [5.74, 6) is 1.41. The Bertz CT molecular complexity index is 396. The second-order valence-electron chi connectivity index (χ2n) is 3.48. The zero-order chi connectivity index (χ0) is 12.8. The van der Waals surface area contributed by atoms with Gasteiger partial charge in [0, 0.05) is 13.1 Å². The number of aryl methyl sites for hydroxylation is 1. The fourth-order valence-corrected chi connectivity index (χ4v) is 1.31. The van der Waals surface area contributed by atoms with Gasteiger partial charge in [0.2, 0.25) is 5.88 Å². The van der Waals surface area contributed by atoms with Crippen molar-refractivity contribution < 1.29 is 14.3 Å². The molecule has 0 bridgehead atoms. The van der Waals surface area contributed by atoms with E-state index in [2.05, 4.69) is 9.97 Å². The molecular weight excluding hydrogens is 222 g/mol. The van der Waals surface area contributed by atoms with Gasteiger partial charge in [0.15, 0.2) is 0 Å². The lowest BCUT2D eigenvalue weighted by Crippen LogP contribution is -2.28. The van der Waals surface area contributed by atoms with Gasteiger partial charge < -0.3 is 14.4 Å². The van der Waals surface area contributed by atoms with E-state index in [1.54, 1.807) is 31.9 Å². The summed E-state index contributed by atoms with van der Waals surface area (Å²) in [7, 11) is 3.30. The van der Waals surface area contributed by atoms with Crippen LogP contribution >= 0.6 is 0 Å².